The Bertz CT molecular complexity index is 4090. The number of aliphatic hydroxyl groups is 3. The van der Waals surface area contributed by atoms with E-state index in [1.54, 1.807) is 36.4 Å². The summed E-state index contributed by atoms with van der Waals surface area (Å²) in [5.74, 6) is -7.56. The first-order chi connectivity index (χ1) is 65.9. The molecule has 13 N–H and O–H groups in total. The number of nitrogens with one attached hydrogen (secondary N) is 6. The number of aliphatic carboxylic acids is 2. The predicted molar refractivity (Wildman–Crippen MR) is 500 cm³/mol. The smallest absolute Gasteiger partial charge is 0.411 e. The number of piperidine rings is 1. The lowest BCUT2D eigenvalue weighted by molar-refractivity contribution is -0.942. The lowest BCUT2D eigenvalue weighted by atomic mass is 9.92. The number of rotatable bonds is 74. The van der Waals surface area contributed by atoms with Crippen LogP contribution in [0, 0.1) is 17.8 Å². The van der Waals surface area contributed by atoms with E-state index < -0.39 is 127 Å². The van der Waals surface area contributed by atoms with Gasteiger partial charge >= 0.3 is 18.0 Å². The number of imide groups is 1. The van der Waals surface area contributed by atoms with Gasteiger partial charge in [0.25, 0.3) is 23.6 Å². The zero-order valence-electron chi connectivity index (χ0n) is 80.8. The molecule has 3 aromatic rings. The maximum Gasteiger partial charge on any atom is 0.411 e. The molecular formula is C94H150N11O31S+. The van der Waals surface area contributed by atoms with Crippen LogP contribution < -0.4 is 42.4 Å². The molecule has 9 amide bonds. The molecule has 6 rings (SSSR count). The molecule has 1 unspecified atom stereocenters. The van der Waals surface area contributed by atoms with E-state index in [4.69, 9.17) is 81.8 Å². The number of thiazole rings is 1. The summed E-state index contributed by atoms with van der Waals surface area (Å²) in [4.78, 5) is 151. The van der Waals surface area contributed by atoms with Crippen molar-refractivity contribution in [3.63, 3.8) is 0 Å². The largest absolute Gasteiger partial charge is 0.481 e. The number of anilines is 1. The number of aromatic nitrogens is 1. The average Bonchev–Trinajstić information content (AvgIpc) is 1.46. The van der Waals surface area contributed by atoms with E-state index in [0.29, 0.717) is 200 Å². The third-order valence-corrected chi connectivity index (χ3v) is 24.1. The van der Waals surface area contributed by atoms with E-state index in [-0.39, 0.29) is 123 Å². The molecule has 2 fully saturated rings. The second-order valence-corrected chi connectivity index (χ2v) is 35.2. The number of carboxylic acids is 2. The molecule has 0 bridgehead atoms. The van der Waals surface area contributed by atoms with E-state index in [9.17, 15) is 68.7 Å². The first kappa shape index (κ1) is 117. The molecule has 0 radical (unpaired) electrons. The number of hydrogen-bond donors (Lipinski definition) is 12. The van der Waals surface area contributed by atoms with E-state index >= 15 is 9.59 Å². The summed E-state index contributed by atoms with van der Waals surface area (Å²) in [6.45, 7) is 21.8. The Balaban J connectivity index is 0.806. The number of unbranched alkanes of at least 4 members (excludes halogenated alkanes) is 1. The summed E-state index contributed by atoms with van der Waals surface area (Å²) < 4.78 is 84.7. The minimum atomic E-state index is -2.00. The van der Waals surface area contributed by atoms with Gasteiger partial charge in [0.05, 0.1) is 171 Å². The van der Waals surface area contributed by atoms with Gasteiger partial charge in [0.2, 0.25) is 29.9 Å². The summed E-state index contributed by atoms with van der Waals surface area (Å²) >= 11 is 1.27. The Morgan fingerprint density at radius 1 is 0.635 bits per heavy atom. The number of nitrogens with two attached hydrogens (primary N) is 1. The Morgan fingerprint density at radius 3 is 1.72 bits per heavy atom. The minimum absolute atomic E-state index is 0.0150. The summed E-state index contributed by atoms with van der Waals surface area (Å²) in [5, 5.41) is 70.9. The number of carbonyl (C=O) groups is 11. The van der Waals surface area contributed by atoms with Gasteiger partial charge in [-0.15, -0.1) is 11.3 Å². The Hall–Kier alpha value is -8.94. The molecule has 137 heavy (non-hydrogen) atoms. The second kappa shape index (κ2) is 65.9. The quantitative estimate of drug-likeness (QED) is 0.0218. The zero-order chi connectivity index (χ0) is 99.9. The highest BCUT2D eigenvalue weighted by Crippen LogP contribution is 2.36. The minimum Gasteiger partial charge on any atom is -0.481 e. The molecule has 1 aromatic heterocycles. The van der Waals surface area contributed by atoms with Crippen LogP contribution in [0.3, 0.4) is 0 Å². The zero-order valence-corrected chi connectivity index (χ0v) is 81.7. The normalized spacial score (nSPS) is 19.4. The highest BCUT2D eigenvalue weighted by atomic mass is 32.1. The fourth-order valence-electron chi connectivity index (χ4n) is 15.3. The Labute approximate surface area is 806 Å². The summed E-state index contributed by atoms with van der Waals surface area (Å²) in [6, 6.07) is 9.49. The van der Waals surface area contributed by atoms with E-state index in [1.807, 2.05) is 78.9 Å². The Morgan fingerprint density at radius 2 is 1.20 bits per heavy atom. The maximum atomic E-state index is 15.1. The van der Waals surface area contributed by atoms with Gasteiger partial charge in [-0.05, 0) is 93.4 Å². The number of ether oxygens (including phenoxy) is 15. The summed E-state index contributed by atoms with van der Waals surface area (Å²) in [7, 11) is 3.67. The van der Waals surface area contributed by atoms with E-state index in [1.165, 1.54) is 17.4 Å². The summed E-state index contributed by atoms with van der Waals surface area (Å²) in [5.41, 5.74) is 7.42. The van der Waals surface area contributed by atoms with Crippen molar-refractivity contribution in [3.05, 3.63) is 87.9 Å². The van der Waals surface area contributed by atoms with Gasteiger partial charge in [-0.25, -0.2) is 14.6 Å². The van der Waals surface area contributed by atoms with Crippen LogP contribution in [0.25, 0.3) is 0 Å². The number of aliphatic hydroxyl groups excluding tert-OH is 3. The van der Waals surface area contributed by atoms with E-state index in [0.717, 1.165) is 35.5 Å². The number of benzene rings is 2. The molecule has 42 nitrogen and oxygen atoms in total. The van der Waals surface area contributed by atoms with Gasteiger partial charge in [0, 0.05) is 87.7 Å². The number of amides is 9. The van der Waals surface area contributed by atoms with Crippen molar-refractivity contribution in [2.45, 2.75) is 212 Å². The average molecular weight is 1960 g/mol. The van der Waals surface area contributed by atoms with Crippen molar-refractivity contribution in [3.8, 4) is 5.75 Å². The first-order valence-corrected chi connectivity index (χ1v) is 48.5. The van der Waals surface area contributed by atoms with Crippen LogP contribution in [0.15, 0.2) is 66.1 Å². The van der Waals surface area contributed by atoms with Gasteiger partial charge in [-0.2, -0.15) is 0 Å². The van der Waals surface area contributed by atoms with Crippen LogP contribution in [0.1, 0.15) is 158 Å². The van der Waals surface area contributed by atoms with Crippen LogP contribution in [-0.4, -0.2) is 376 Å². The molecule has 4 heterocycles. The first-order valence-electron chi connectivity index (χ1n) is 47.6. The molecule has 15 atom stereocenters. The number of likely N-dealkylation sites (N-methyl/N-ethyl adjacent to an activating group) is 2. The molecular weight excluding hydrogens is 1810 g/mol. The van der Waals surface area contributed by atoms with Crippen LogP contribution in [0.4, 0.5) is 10.5 Å². The standard InChI is InChI=1S/C94H149N11O31S/c1-10-29-97-85(112)69(99-87(114)73(60-95)104-78(107)26-27-79(104)108)22-16-18-30-96-77(106)28-33-122-34-35-123-36-37-124-38-39-125-40-41-126-42-43-127-44-45-128-46-47-129-48-49-130-50-51-131-52-53-132-54-55-134-94(121)101-70-58-67(24-25-75(70)135-93-83(111)81(109)82(110)84(136-93)92(119)120)61-105(9)31-19-17-23-74(105)88(115)102-80(64(6)12-3)90(116)103(8)72(63(4)5)59-76(133-32-11-2)89-100-71(62-137-89)86(113)98-68(56-65(7)91(117)118)57-66-20-14-13-15-21-66/h13-15,20-21,24-27,58,62-65,68-69,72-74,76,80-84,93,109-111H,10-12,16-19,22-23,28-57,59-61,95H2,1-9H3,(H7-,96,97,98,99,101,102,106,112,113,114,115,117,118,119,120,121)/p+1/t64-,65-,68+,69-,72+,73-,74+,76+,80-,81-,82-,83+,84-,93+,105?/m0/s1. The lowest BCUT2D eigenvalue weighted by Gasteiger charge is -2.44. The molecule has 3 aliphatic rings. The van der Waals surface area contributed by atoms with Gasteiger partial charge in [-0.1, -0.05) is 85.2 Å². The van der Waals surface area contributed by atoms with Crippen molar-refractivity contribution in [2.24, 2.45) is 23.5 Å². The monoisotopic (exact) mass is 1960 g/mol. The molecule has 0 spiro atoms. The lowest BCUT2D eigenvalue weighted by Crippen LogP contribution is -2.63. The SMILES string of the molecule is CCCNC(=O)[C@H](CCCCNC(=O)CCOCCOCCOCCOCCOCCOCCOCCOCCOCCOCCOCCOC(=O)Nc1cc(C[N+]2(C)CCCC[C@@H]2C(=O)N[C@H](C(=O)N(C)[C@H](C[C@@H](OCCC)c2nc(C(=O)N[C@@H](Cc3ccccc3)C[C@H](C)C(=O)O)cs2)C(C)C)[C@@H](C)CC)ccc1O[C@@H]1O[C@H](C(=O)O)[C@@H](O)[C@H](O)[C@H]1O)NC(=O)[C@H](CN)N1C(=O)C=CC1=O. The molecule has 43 heteroatoms. The second-order valence-electron chi connectivity index (χ2n) is 34.3. The van der Waals surface area contributed by atoms with Crippen LogP contribution >= 0.6 is 11.3 Å². The topological polar surface area (TPSA) is 545 Å². The number of quaternary nitrogens is 1. The van der Waals surface area contributed by atoms with Crippen molar-refractivity contribution in [1.29, 1.82) is 0 Å². The maximum absolute atomic E-state index is 15.1. The highest BCUT2D eigenvalue weighted by Gasteiger charge is 2.49. The number of likely N-dealkylation sites (tertiary alicyclic amines) is 1. The predicted octanol–water partition coefficient (Wildman–Crippen LogP) is 3.61. The molecule has 772 valence electrons. The molecule has 2 saturated heterocycles. The molecule has 0 saturated carbocycles. The summed E-state index contributed by atoms with van der Waals surface area (Å²) in [6.07, 6.45) is -2.99. The third kappa shape index (κ3) is 42.6. The van der Waals surface area contributed by atoms with E-state index in [2.05, 4.69) is 31.9 Å². The van der Waals surface area contributed by atoms with Crippen molar-refractivity contribution in [1.82, 2.24) is 41.4 Å². The molecule has 0 aliphatic carbocycles. The van der Waals surface area contributed by atoms with Gasteiger partial charge in [0.1, 0.15) is 72.1 Å². The Kier molecular flexibility index (Phi) is 56.2. The number of carbonyl (C=O) groups excluding carboxylic acids is 9. The van der Waals surface area contributed by atoms with Crippen LogP contribution in [-0.2, 0) is 122 Å². The van der Waals surface area contributed by atoms with Crippen molar-refractivity contribution >= 4 is 82.3 Å². The molecule has 2 aromatic carbocycles. The van der Waals surface area contributed by atoms with Gasteiger partial charge < -0.3 is 138 Å². The fraction of sp³-hybridized carbons (Fsp3) is 0.702. The van der Waals surface area contributed by atoms with Crippen molar-refractivity contribution < 1.29 is 154 Å². The number of carboxylic acid groups (broad SMARTS) is 2. The fourth-order valence-corrected chi connectivity index (χ4v) is 16.2. The van der Waals surface area contributed by atoms with Gasteiger partial charge in [0.15, 0.2) is 12.1 Å². The number of nitrogens with zero attached hydrogens (tertiary/aromatic N) is 4. The van der Waals surface area contributed by atoms with Crippen molar-refractivity contribution in [2.75, 3.05) is 204 Å². The van der Waals surface area contributed by atoms with Gasteiger partial charge in [-0.3, -0.25) is 53.4 Å². The third-order valence-electron chi connectivity index (χ3n) is 23.2. The van der Waals surface area contributed by atoms with Crippen LogP contribution in [0.5, 0.6) is 5.75 Å². The molecule has 3 aliphatic heterocycles. The number of hydrogen-bond acceptors (Lipinski definition) is 32. The highest BCUT2D eigenvalue weighted by molar-refractivity contribution is 7.09. The van der Waals surface area contributed by atoms with Crippen LogP contribution in [0.2, 0.25) is 0 Å².